The summed E-state index contributed by atoms with van der Waals surface area (Å²) < 4.78 is 7.71. The average Bonchev–Trinajstić information content (AvgIpc) is 3.31. The highest BCUT2D eigenvalue weighted by molar-refractivity contribution is 5.81. The summed E-state index contributed by atoms with van der Waals surface area (Å²) in [5, 5.41) is 0. The van der Waals surface area contributed by atoms with Gasteiger partial charge in [-0.3, -0.25) is 13.9 Å². The number of methoxy groups -OCH3 is 1. The van der Waals surface area contributed by atoms with Crippen LogP contribution in [0.25, 0.3) is 11.2 Å². The number of H-pyrrole nitrogens is 1. The molecule has 31 heavy (non-hydrogen) atoms. The van der Waals surface area contributed by atoms with Gasteiger partial charge in [-0.1, -0.05) is 19.9 Å². The molecule has 0 aliphatic heterocycles. The Balaban J connectivity index is 1.67. The number of fused-ring (bicyclic) bond motifs is 3. The molecule has 2 aromatic rings. The first kappa shape index (κ1) is 21.6. The Morgan fingerprint density at radius 1 is 1.13 bits per heavy atom. The molecule has 8 nitrogen and oxygen atoms in total. The Labute approximate surface area is 181 Å². The van der Waals surface area contributed by atoms with Gasteiger partial charge in [0.05, 0.1) is 7.11 Å². The number of hydrogen-bond donors (Lipinski definition) is 1. The average molecular weight is 429 g/mol. The van der Waals surface area contributed by atoms with Crippen molar-refractivity contribution in [3.05, 3.63) is 38.8 Å². The number of esters is 1. The largest absolute Gasteiger partial charge is 0.466 e. The molecule has 0 spiro atoms. The third-order valence-electron chi connectivity index (χ3n) is 6.99. The van der Waals surface area contributed by atoms with E-state index in [9.17, 15) is 14.4 Å². The van der Waals surface area contributed by atoms with Crippen molar-refractivity contribution in [3.8, 4) is 0 Å². The van der Waals surface area contributed by atoms with Gasteiger partial charge < -0.3 is 9.72 Å². The number of aromatic nitrogens is 4. The maximum absolute atomic E-state index is 13.0. The van der Waals surface area contributed by atoms with Gasteiger partial charge in [-0.25, -0.2) is 14.6 Å². The molecule has 0 radical (unpaired) electrons. The highest BCUT2D eigenvalue weighted by atomic mass is 16.5. The van der Waals surface area contributed by atoms with Crippen molar-refractivity contribution < 1.29 is 9.53 Å². The molecule has 2 saturated carbocycles. The minimum Gasteiger partial charge on any atom is -0.466 e. The number of aromatic amines is 1. The van der Waals surface area contributed by atoms with Gasteiger partial charge in [-0.05, 0) is 56.3 Å². The van der Waals surface area contributed by atoms with E-state index in [4.69, 9.17) is 9.72 Å². The van der Waals surface area contributed by atoms with Crippen molar-refractivity contribution in [2.24, 2.45) is 17.8 Å². The quantitative estimate of drug-likeness (QED) is 0.540. The molecule has 2 bridgehead atoms. The molecule has 2 aromatic heterocycles. The summed E-state index contributed by atoms with van der Waals surface area (Å²) in [4.78, 5) is 45.5. The van der Waals surface area contributed by atoms with E-state index in [2.05, 4.69) is 4.98 Å². The van der Waals surface area contributed by atoms with E-state index in [0.717, 1.165) is 44.3 Å². The molecular formula is C23H32N4O4. The molecule has 2 unspecified atom stereocenters. The molecule has 0 amide bonds. The van der Waals surface area contributed by atoms with Crippen LogP contribution >= 0.6 is 0 Å². The van der Waals surface area contributed by atoms with E-state index in [0.29, 0.717) is 42.0 Å². The van der Waals surface area contributed by atoms with Crippen LogP contribution in [0.5, 0.6) is 0 Å². The third kappa shape index (κ3) is 3.88. The number of aryl methyl sites for hydroxylation is 1. The first-order valence-electron chi connectivity index (χ1n) is 11.5. The van der Waals surface area contributed by atoms with Crippen LogP contribution in [0.2, 0.25) is 0 Å². The number of nitrogens with one attached hydrogen (secondary N) is 1. The first-order valence-corrected chi connectivity index (χ1v) is 11.5. The number of allylic oxidation sites excluding steroid dienone is 1. The van der Waals surface area contributed by atoms with Crippen LogP contribution in [0.4, 0.5) is 0 Å². The van der Waals surface area contributed by atoms with Crippen LogP contribution < -0.4 is 11.2 Å². The number of carbonyl (C=O) groups excluding carboxylic acids is 1. The van der Waals surface area contributed by atoms with Crippen molar-refractivity contribution >= 4 is 17.1 Å². The van der Waals surface area contributed by atoms with Crippen molar-refractivity contribution in [2.45, 2.75) is 71.4 Å². The van der Waals surface area contributed by atoms with E-state index in [1.54, 1.807) is 10.6 Å². The zero-order chi connectivity index (χ0) is 22.1. The predicted octanol–water partition coefficient (Wildman–Crippen LogP) is 2.96. The standard InChI is InChI=1S/C23H32N4O4/c1-4-10-26-21-19(22(29)27(11-5-2)23(26)30)24-20(25-21)16-12-14-6-7-15(13-16)17(14)8-9-18(28)31-3/h8-9,14-17H,4-7,10-13H2,1-3H3,(H,24,25)/b9-8+. The fourth-order valence-electron chi connectivity index (χ4n) is 5.59. The second-order valence-corrected chi connectivity index (χ2v) is 8.94. The monoisotopic (exact) mass is 428 g/mol. The summed E-state index contributed by atoms with van der Waals surface area (Å²) in [6, 6.07) is 0. The normalized spacial score (nSPS) is 25.5. The van der Waals surface area contributed by atoms with Gasteiger partial charge in [0.25, 0.3) is 5.56 Å². The van der Waals surface area contributed by atoms with E-state index in [-0.39, 0.29) is 23.1 Å². The molecule has 0 saturated heterocycles. The van der Waals surface area contributed by atoms with Crippen LogP contribution in [-0.4, -0.2) is 32.2 Å². The topological polar surface area (TPSA) is 99.0 Å². The minimum atomic E-state index is -0.309. The number of ether oxygens (including phenoxy) is 1. The van der Waals surface area contributed by atoms with Crippen LogP contribution in [0.1, 0.15) is 64.1 Å². The van der Waals surface area contributed by atoms with Crippen molar-refractivity contribution in [1.82, 2.24) is 19.1 Å². The Morgan fingerprint density at radius 2 is 1.77 bits per heavy atom. The maximum Gasteiger partial charge on any atom is 0.332 e. The third-order valence-corrected chi connectivity index (χ3v) is 6.99. The second-order valence-electron chi connectivity index (χ2n) is 8.94. The lowest BCUT2D eigenvalue weighted by atomic mass is 9.73. The van der Waals surface area contributed by atoms with Gasteiger partial charge in [0, 0.05) is 25.1 Å². The minimum absolute atomic E-state index is 0.233. The van der Waals surface area contributed by atoms with Gasteiger partial charge >= 0.3 is 11.7 Å². The molecule has 2 aliphatic carbocycles. The van der Waals surface area contributed by atoms with E-state index >= 15 is 0 Å². The highest BCUT2D eigenvalue weighted by Crippen LogP contribution is 2.52. The van der Waals surface area contributed by atoms with Crippen LogP contribution in [-0.2, 0) is 22.6 Å². The van der Waals surface area contributed by atoms with E-state index in [1.807, 2.05) is 19.9 Å². The molecule has 1 N–H and O–H groups in total. The second kappa shape index (κ2) is 8.85. The summed E-state index contributed by atoms with van der Waals surface area (Å²) in [6.07, 6.45) is 9.30. The number of carbonyl (C=O) groups is 1. The molecule has 4 rings (SSSR count). The Bertz CT molecular complexity index is 1100. The summed E-state index contributed by atoms with van der Waals surface area (Å²) in [5.41, 5.74) is 0.386. The number of imidazole rings is 1. The van der Waals surface area contributed by atoms with Gasteiger partial charge in [0.15, 0.2) is 5.65 Å². The van der Waals surface area contributed by atoms with Crippen molar-refractivity contribution in [3.63, 3.8) is 0 Å². The zero-order valence-corrected chi connectivity index (χ0v) is 18.6. The number of hydrogen-bond acceptors (Lipinski definition) is 5. The lowest BCUT2D eigenvalue weighted by molar-refractivity contribution is -0.134. The molecule has 2 fully saturated rings. The molecule has 0 aromatic carbocycles. The fraction of sp³-hybridized carbons (Fsp3) is 0.652. The summed E-state index contributed by atoms with van der Waals surface area (Å²) in [5.74, 6) is 2.12. The summed E-state index contributed by atoms with van der Waals surface area (Å²) in [7, 11) is 1.40. The number of rotatable bonds is 7. The molecule has 8 heteroatoms. The van der Waals surface area contributed by atoms with Crippen LogP contribution in [0, 0.1) is 17.8 Å². The Morgan fingerprint density at radius 3 is 2.39 bits per heavy atom. The Kier molecular flexibility index (Phi) is 6.16. The predicted molar refractivity (Wildman–Crippen MR) is 118 cm³/mol. The fourth-order valence-corrected chi connectivity index (χ4v) is 5.59. The molecule has 2 heterocycles. The molecule has 2 aliphatic rings. The number of nitrogens with zero attached hydrogens (tertiary/aromatic N) is 3. The van der Waals surface area contributed by atoms with Crippen molar-refractivity contribution in [1.29, 1.82) is 0 Å². The molecule has 2 atom stereocenters. The Hall–Kier alpha value is -2.64. The highest BCUT2D eigenvalue weighted by Gasteiger charge is 2.42. The first-order chi connectivity index (χ1) is 15.0. The van der Waals surface area contributed by atoms with Crippen LogP contribution in [0.15, 0.2) is 21.7 Å². The van der Waals surface area contributed by atoms with Crippen LogP contribution in [0.3, 0.4) is 0 Å². The van der Waals surface area contributed by atoms with Gasteiger partial charge in [0.1, 0.15) is 11.3 Å². The summed E-state index contributed by atoms with van der Waals surface area (Å²) in [6.45, 7) is 4.93. The molecular weight excluding hydrogens is 396 g/mol. The molecule has 168 valence electrons. The summed E-state index contributed by atoms with van der Waals surface area (Å²) >= 11 is 0. The SMILES string of the molecule is CCCn1c(=O)c2[nH]c(C3CC4CCC(C3)C4/C=C/C(=O)OC)nc2n(CCC)c1=O. The lowest BCUT2D eigenvalue weighted by Gasteiger charge is -2.32. The van der Waals surface area contributed by atoms with Gasteiger partial charge in [-0.15, -0.1) is 0 Å². The van der Waals surface area contributed by atoms with Gasteiger partial charge in [0.2, 0.25) is 0 Å². The smallest absolute Gasteiger partial charge is 0.332 e. The van der Waals surface area contributed by atoms with Gasteiger partial charge in [-0.2, -0.15) is 0 Å². The van der Waals surface area contributed by atoms with E-state index < -0.39 is 0 Å². The van der Waals surface area contributed by atoms with E-state index in [1.165, 1.54) is 11.7 Å². The maximum atomic E-state index is 13.0. The lowest BCUT2D eigenvalue weighted by Crippen LogP contribution is -2.40. The zero-order valence-electron chi connectivity index (χ0n) is 18.6. The van der Waals surface area contributed by atoms with Crippen molar-refractivity contribution in [2.75, 3.05) is 7.11 Å².